The summed E-state index contributed by atoms with van der Waals surface area (Å²) in [4.78, 5) is 5.00. The number of ether oxygens (including phenoxy) is 4. The van der Waals surface area contributed by atoms with Crippen molar-refractivity contribution in [3.05, 3.63) is 47.7 Å². The molecule has 4 saturated heterocycles. The number of hydrogen-bond donors (Lipinski definition) is 0. The van der Waals surface area contributed by atoms with Gasteiger partial charge in [0.2, 0.25) is 0 Å². The number of epoxide rings is 4. The molecule has 0 saturated carbocycles. The fourth-order valence-corrected chi connectivity index (χ4v) is 4.76. The maximum absolute atomic E-state index is 5.48. The molecule has 0 aromatic carbocycles. The van der Waals surface area contributed by atoms with E-state index < -0.39 is 0 Å². The second-order valence-corrected chi connectivity index (χ2v) is 9.81. The minimum atomic E-state index is 0.411. The molecule has 6 unspecified atom stereocenters. The predicted octanol–water partition coefficient (Wildman–Crippen LogP) is 2.29. The van der Waals surface area contributed by atoms with E-state index >= 15 is 0 Å². The van der Waals surface area contributed by atoms with E-state index in [1.54, 1.807) is 0 Å². The summed E-state index contributed by atoms with van der Waals surface area (Å²) >= 11 is 0. The van der Waals surface area contributed by atoms with Crippen LogP contribution in [-0.2, 0) is 18.9 Å². The largest absolute Gasteiger partial charge is 0.372 e. The molecule has 31 heavy (non-hydrogen) atoms. The van der Waals surface area contributed by atoms with E-state index in [1.165, 1.54) is 11.3 Å². The lowest BCUT2D eigenvalue weighted by Gasteiger charge is -2.30. The Morgan fingerprint density at radius 1 is 0.710 bits per heavy atom. The summed E-state index contributed by atoms with van der Waals surface area (Å²) in [5.74, 6) is 0.586. The molecule has 6 heteroatoms. The van der Waals surface area contributed by atoms with Crippen molar-refractivity contribution in [1.82, 2.24) is 9.80 Å². The minimum absolute atomic E-state index is 0.411. The molecule has 0 amide bonds. The number of allylic oxidation sites excluding steroid dienone is 5. The molecule has 6 rings (SSSR count). The summed E-state index contributed by atoms with van der Waals surface area (Å²) in [6, 6.07) is 0.480. The van der Waals surface area contributed by atoms with E-state index in [4.69, 9.17) is 18.9 Å². The zero-order chi connectivity index (χ0) is 20.6. The summed E-state index contributed by atoms with van der Waals surface area (Å²) in [5, 5.41) is 0. The lowest BCUT2D eigenvalue weighted by molar-refractivity contribution is 0.187. The third-order valence-electron chi connectivity index (χ3n) is 6.99. The Morgan fingerprint density at radius 3 is 1.81 bits per heavy atom. The van der Waals surface area contributed by atoms with Crippen LogP contribution in [0.5, 0.6) is 0 Å². The molecule has 0 N–H and O–H groups in total. The fraction of sp³-hybridized carbons (Fsp3) is 0.680. The monoisotopic (exact) mass is 426 g/mol. The van der Waals surface area contributed by atoms with Gasteiger partial charge in [-0.3, -0.25) is 4.90 Å². The maximum Gasteiger partial charge on any atom is 0.0984 e. The fourth-order valence-electron chi connectivity index (χ4n) is 4.76. The molecule has 4 heterocycles. The van der Waals surface area contributed by atoms with Crippen molar-refractivity contribution in [3.8, 4) is 0 Å². The first-order valence-electron chi connectivity index (χ1n) is 12.0. The van der Waals surface area contributed by atoms with Crippen LogP contribution in [0.3, 0.4) is 0 Å². The highest BCUT2D eigenvalue weighted by atomic mass is 16.6. The van der Waals surface area contributed by atoms with Gasteiger partial charge in [0.05, 0.1) is 50.8 Å². The summed E-state index contributed by atoms with van der Waals surface area (Å²) in [6.45, 7) is 7.69. The molecule has 6 aliphatic rings. The third kappa shape index (κ3) is 5.88. The molecule has 0 aromatic rings. The SMILES string of the molecule is C1=CC(N(CC2CO2)CC2CO2)CC=C1CC1C=CC(N(CC2CO2)CC2CO2)=CC1. The lowest BCUT2D eigenvalue weighted by Crippen LogP contribution is -2.40. The van der Waals surface area contributed by atoms with Gasteiger partial charge in [-0.25, -0.2) is 0 Å². The van der Waals surface area contributed by atoms with Crippen LogP contribution in [0.25, 0.3) is 0 Å². The normalized spacial score (nSPS) is 37.5. The zero-order valence-corrected chi connectivity index (χ0v) is 18.2. The van der Waals surface area contributed by atoms with E-state index in [9.17, 15) is 0 Å². The average Bonchev–Trinajstić information content (AvgIpc) is 3.63. The first kappa shape index (κ1) is 20.2. The van der Waals surface area contributed by atoms with Gasteiger partial charge in [0.1, 0.15) is 0 Å². The van der Waals surface area contributed by atoms with Crippen LogP contribution in [0.2, 0.25) is 0 Å². The molecular formula is C25H34N2O4. The van der Waals surface area contributed by atoms with Crippen molar-refractivity contribution in [2.75, 3.05) is 52.6 Å². The van der Waals surface area contributed by atoms with Gasteiger partial charge in [0, 0.05) is 37.9 Å². The Morgan fingerprint density at radius 2 is 1.32 bits per heavy atom. The Labute approximate surface area is 185 Å². The quantitative estimate of drug-likeness (QED) is 0.447. The highest BCUT2D eigenvalue weighted by Gasteiger charge is 2.34. The van der Waals surface area contributed by atoms with Gasteiger partial charge in [-0.15, -0.1) is 0 Å². The number of rotatable bonds is 12. The molecule has 4 aliphatic heterocycles. The van der Waals surface area contributed by atoms with Crippen LogP contribution in [0.1, 0.15) is 19.3 Å². The molecule has 6 nitrogen and oxygen atoms in total. The second-order valence-electron chi connectivity index (χ2n) is 9.81. The van der Waals surface area contributed by atoms with Crippen molar-refractivity contribution in [2.24, 2.45) is 5.92 Å². The standard InChI is InChI=1S/C25H34N2O4/c1-5-20(26(10-22-14-28-22)11-23-15-29-23)6-2-18(1)9-19-3-7-21(8-4-19)27(12-24-16-30-24)13-25-17-31-25/h1-3,5,7-8,19-20,22-25H,4,6,9-17H2. The molecule has 0 bridgehead atoms. The molecule has 2 aliphatic carbocycles. The molecule has 0 radical (unpaired) electrons. The third-order valence-corrected chi connectivity index (χ3v) is 6.99. The smallest absolute Gasteiger partial charge is 0.0984 e. The second kappa shape index (κ2) is 8.83. The minimum Gasteiger partial charge on any atom is -0.372 e. The number of hydrogen-bond acceptors (Lipinski definition) is 6. The van der Waals surface area contributed by atoms with E-state index in [1.807, 2.05) is 0 Å². The van der Waals surface area contributed by atoms with Crippen LogP contribution in [-0.4, -0.2) is 92.9 Å². The van der Waals surface area contributed by atoms with Crippen molar-refractivity contribution >= 4 is 0 Å². The van der Waals surface area contributed by atoms with Crippen LogP contribution >= 0.6 is 0 Å². The summed E-state index contributed by atoms with van der Waals surface area (Å²) in [5.41, 5.74) is 2.82. The summed E-state index contributed by atoms with van der Waals surface area (Å²) < 4.78 is 21.9. The van der Waals surface area contributed by atoms with Crippen molar-refractivity contribution in [2.45, 2.75) is 49.7 Å². The van der Waals surface area contributed by atoms with E-state index in [-0.39, 0.29) is 0 Å². The molecule has 0 aromatic heterocycles. The molecular weight excluding hydrogens is 392 g/mol. The topological polar surface area (TPSA) is 56.6 Å². The summed E-state index contributed by atoms with van der Waals surface area (Å²) in [6.07, 6.45) is 19.4. The Kier molecular flexibility index (Phi) is 5.75. The van der Waals surface area contributed by atoms with E-state index in [2.05, 4.69) is 46.3 Å². The average molecular weight is 427 g/mol. The summed E-state index contributed by atoms with van der Waals surface area (Å²) in [7, 11) is 0. The van der Waals surface area contributed by atoms with Gasteiger partial charge in [0.25, 0.3) is 0 Å². The van der Waals surface area contributed by atoms with E-state index in [0.717, 1.165) is 71.9 Å². The van der Waals surface area contributed by atoms with Crippen LogP contribution in [0, 0.1) is 5.92 Å². The van der Waals surface area contributed by atoms with Crippen molar-refractivity contribution < 1.29 is 18.9 Å². The molecule has 4 fully saturated rings. The Bertz CT molecular complexity index is 746. The highest BCUT2D eigenvalue weighted by molar-refractivity contribution is 5.29. The number of nitrogens with zero attached hydrogens (tertiary/aromatic N) is 2. The van der Waals surface area contributed by atoms with Crippen LogP contribution < -0.4 is 0 Å². The Balaban J connectivity index is 0.998. The van der Waals surface area contributed by atoms with E-state index in [0.29, 0.717) is 36.4 Å². The van der Waals surface area contributed by atoms with Gasteiger partial charge in [0.15, 0.2) is 0 Å². The molecule has 6 atom stereocenters. The molecule has 0 spiro atoms. The van der Waals surface area contributed by atoms with Crippen molar-refractivity contribution in [3.63, 3.8) is 0 Å². The first-order valence-corrected chi connectivity index (χ1v) is 12.0. The maximum atomic E-state index is 5.48. The van der Waals surface area contributed by atoms with Gasteiger partial charge < -0.3 is 23.8 Å². The van der Waals surface area contributed by atoms with Gasteiger partial charge in [-0.1, -0.05) is 36.0 Å². The van der Waals surface area contributed by atoms with Crippen molar-refractivity contribution in [1.29, 1.82) is 0 Å². The zero-order valence-electron chi connectivity index (χ0n) is 18.2. The van der Waals surface area contributed by atoms with Gasteiger partial charge in [-0.2, -0.15) is 0 Å². The van der Waals surface area contributed by atoms with Gasteiger partial charge in [-0.05, 0) is 31.3 Å². The highest BCUT2D eigenvalue weighted by Crippen LogP contribution is 2.30. The first-order chi connectivity index (χ1) is 15.3. The lowest BCUT2D eigenvalue weighted by atomic mass is 9.89. The van der Waals surface area contributed by atoms with Crippen LogP contribution in [0.4, 0.5) is 0 Å². The van der Waals surface area contributed by atoms with Gasteiger partial charge >= 0.3 is 0 Å². The molecule has 168 valence electrons. The van der Waals surface area contributed by atoms with Crippen LogP contribution in [0.15, 0.2) is 47.7 Å². The predicted molar refractivity (Wildman–Crippen MR) is 118 cm³/mol. The Hall–Kier alpha value is -1.44.